The SMILES string of the molecule is CC(O)c1ccccc1-c1ccc2nc[nH]c2c1. The molecule has 2 aromatic carbocycles. The summed E-state index contributed by atoms with van der Waals surface area (Å²) in [6.45, 7) is 1.79. The van der Waals surface area contributed by atoms with Crippen molar-refractivity contribution in [1.29, 1.82) is 0 Å². The van der Waals surface area contributed by atoms with Gasteiger partial charge in [0.15, 0.2) is 0 Å². The number of hydrogen-bond acceptors (Lipinski definition) is 2. The monoisotopic (exact) mass is 238 g/mol. The molecule has 0 aliphatic rings. The van der Waals surface area contributed by atoms with Gasteiger partial charge in [0.05, 0.1) is 23.5 Å². The van der Waals surface area contributed by atoms with Gasteiger partial charge in [-0.1, -0.05) is 30.3 Å². The van der Waals surface area contributed by atoms with Crippen LogP contribution in [0.5, 0.6) is 0 Å². The van der Waals surface area contributed by atoms with E-state index in [-0.39, 0.29) is 0 Å². The lowest BCUT2D eigenvalue weighted by Gasteiger charge is -2.11. The molecule has 0 aliphatic carbocycles. The number of imidazole rings is 1. The number of aromatic amines is 1. The van der Waals surface area contributed by atoms with E-state index in [1.807, 2.05) is 36.4 Å². The number of aliphatic hydroxyl groups is 1. The molecule has 90 valence electrons. The maximum Gasteiger partial charge on any atom is 0.0931 e. The van der Waals surface area contributed by atoms with Crippen LogP contribution in [-0.2, 0) is 0 Å². The maximum atomic E-state index is 9.82. The second kappa shape index (κ2) is 4.27. The van der Waals surface area contributed by atoms with E-state index < -0.39 is 6.10 Å². The molecule has 0 spiro atoms. The lowest BCUT2D eigenvalue weighted by atomic mass is 9.96. The Morgan fingerprint density at radius 3 is 2.83 bits per heavy atom. The quantitative estimate of drug-likeness (QED) is 0.719. The van der Waals surface area contributed by atoms with Crippen LogP contribution in [0.15, 0.2) is 48.8 Å². The molecule has 1 unspecified atom stereocenters. The molecule has 3 rings (SSSR count). The van der Waals surface area contributed by atoms with Crippen LogP contribution in [0, 0.1) is 0 Å². The fraction of sp³-hybridized carbons (Fsp3) is 0.133. The molecule has 0 amide bonds. The van der Waals surface area contributed by atoms with Gasteiger partial charge >= 0.3 is 0 Å². The molecule has 0 radical (unpaired) electrons. The molecule has 3 aromatic rings. The van der Waals surface area contributed by atoms with E-state index in [2.05, 4.69) is 16.0 Å². The zero-order chi connectivity index (χ0) is 12.5. The molecule has 18 heavy (non-hydrogen) atoms. The summed E-state index contributed by atoms with van der Waals surface area (Å²) in [5, 5.41) is 9.82. The Labute approximate surface area is 105 Å². The highest BCUT2D eigenvalue weighted by atomic mass is 16.3. The lowest BCUT2D eigenvalue weighted by Crippen LogP contribution is -1.94. The van der Waals surface area contributed by atoms with Crippen molar-refractivity contribution in [3.63, 3.8) is 0 Å². The van der Waals surface area contributed by atoms with Gasteiger partial charge in [-0.05, 0) is 35.7 Å². The summed E-state index contributed by atoms with van der Waals surface area (Å²) < 4.78 is 0. The van der Waals surface area contributed by atoms with Crippen LogP contribution in [-0.4, -0.2) is 15.1 Å². The Bertz CT molecular complexity index is 686. The van der Waals surface area contributed by atoms with Crippen molar-refractivity contribution in [2.75, 3.05) is 0 Å². The zero-order valence-electron chi connectivity index (χ0n) is 10.1. The smallest absolute Gasteiger partial charge is 0.0931 e. The molecular formula is C15H14N2O. The molecule has 0 fully saturated rings. The Morgan fingerprint density at radius 2 is 2.00 bits per heavy atom. The average Bonchev–Trinajstić information content (AvgIpc) is 2.85. The number of hydrogen-bond donors (Lipinski definition) is 2. The summed E-state index contributed by atoms with van der Waals surface area (Å²) >= 11 is 0. The molecule has 0 aliphatic heterocycles. The third-order valence-electron chi connectivity index (χ3n) is 3.14. The Balaban J connectivity index is 2.19. The van der Waals surface area contributed by atoms with E-state index in [0.717, 1.165) is 27.7 Å². The second-order valence-electron chi connectivity index (χ2n) is 4.40. The van der Waals surface area contributed by atoms with Crippen LogP contribution in [0.3, 0.4) is 0 Å². The van der Waals surface area contributed by atoms with Gasteiger partial charge in [-0.3, -0.25) is 0 Å². The van der Waals surface area contributed by atoms with Crippen LogP contribution in [0.1, 0.15) is 18.6 Å². The standard InChI is InChI=1S/C15H14N2O/c1-10(18)12-4-2-3-5-13(12)11-6-7-14-15(8-11)17-9-16-14/h2-10,18H,1H3,(H,16,17). The number of aromatic nitrogens is 2. The minimum atomic E-state index is -0.473. The zero-order valence-corrected chi connectivity index (χ0v) is 10.1. The van der Waals surface area contributed by atoms with Crippen molar-refractivity contribution in [2.45, 2.75) is 13.0 Å². The predicted octanol–water partition coefficient (Wildman–Crippen LogP) is 3.28. The average molecular weight is 238 g/mol. The molecule has 0 saturated heterocycles. The highest BCUT2D eigenvalue weighted by Gasteiger charge is 2.09. The van der Waals surface area contributed by atoms with Crippen molar-refractivity contribution in [3.05, 3.63) is 54.4 Å². The number of nitrogens with one attached hydrogen (secondary N) is 1. The van der Waals surface area contributed by atoms with E-state index >= 15 is 0 Å². The van der Waals surface area contributed by atoms with Crippen LogP contribution in [0.4, 0.5) is 0 Å². The van der Waals surface area contributed by atoms with Gasteiger partial charge in [0.1, 0.15) is 0 Å². The van der Waals surface area contributed by atoms with Crippen LogP contribution >= 0.6 is 0 Å². The first-order valence-electron chi connectivity index (χ1n) is 5.96. The maximum absolute atomic E-state index is 9.82. The highest BCUT2D eigenvalue weighted by molar-refractivity contribution is 5.82. The van der Waals surface area contributed by atoms with E-state index in [0.29, 0.717) is 0 Å². The molecule has 1 aromatic heterocycles. The molecule has 2 N–H and O–H groups in total. The Kier molecular flexibility index (Phi) is 2.61. The summed E-state index contributed by atoms with van der Waals surface area (Å²) in [6.07, 6.45) is 1.22. The van der Waals surface area contributed by atoms with Crippen LogP contribution < -0.4 is 0 Å². The summed E-state index contributed by atoms with van der Waals surface area (Å²) in [6, 6.07) is 14.0. The Morgan fingerprint density at radius 1 is 1.17 bits per heavy atom. The first-order chi connectivity index (χ1) is 8.75. The molecule has 0 saturated carbocycles. The van der Waals surface area contributed by atoms with Crippen LogP contribution in [0.25, 0.3) is 22.2 Å². The van der Waals surface area contributed by atoms with E-state index in [1.165, 1.54) is 0 Å². The summed E-state index contributed by atoms with van der Waals surface area (Å²) in [5.41, 5.74) is 5.05. The van der Waals surface area contributed by atoms with Crippen molar-refractivity contribution < 1.29 is 5.11 Å². The predicted molar refractivity (Wildman–Crippen MR) is 72.2 cm³/mol. The minimum absolute atomic E-state index is 0.473. The summed E-state index contributed by atoms with van der Waals surface area (Å²) in [5.74, 6) is 0. The second-order valence-corrected chi connectivity index (χ2v) is 4.40. The number of benzene rings is 2. The van der Waals surface area contributed by atoms with E-state index in [4.69, 9.17) is 0 Å². The fourth-order valence-electron chi connectivity index (χ4n) is 2.23. The lowest BCUT2D eigenvalue weighted by molar-refractivity contribution is 0.200. The topological polar surface area (TPSA) is 48.9 Å². The molecule has 3 heteroatoms. The van der Waals surface area contributed by atoms with Crippen molar-refractivity contribution in [1.82, 2.24) is 9.97 Å². The number of nitrogens with zero attached hydrogens (tertiary/aromatic N) is 1. The number of H-pyrrole nitrogens is 1. The van der Waals surface area contributed by atoms with Crippen molar-refractivity contribution in [2.24, 2.45) is 0 Å². The van der Waals surface area contributed by atoms with Gasteiger partial charge in [-0.25, -0.2) is 4.98 Å². The van der Waals surface area contributed by atoms with Gasteiger partial charge in [0, 0.05) is 0 Å². The summed E-state index contributed by atoms with van der Waals surface area (Å²) in [7, 11) is 0. The number of rotatable bonds is 2. The van der Waals surface area contributed by atoms with Gasteiger partial charge in [0.25, 0.3) is 0 Å². The number of fused-ring (bicyclic) bond motifs is 1. The molecule has 1 heterocycles. The minimum Gasteiger partial charge on any atom is -0.389 e. The van der Waals surface area contributed by atoms with Gasteiger partial charge in [0.2, 0.25) is 0 Å². The number of aliphatic hydroxyl groups excluding tert-OH is 1. The van der Waals surface area contributed by atoms with Gasteiger partial charge in [-0.15, -0.1) is 0 Å². The van der Waals surface area contributed by atoms with Gasteiger partial charge in [-0.2, -0.15) is 0 Å². The highest BCUT2D eigenvalue weighted by Crippen LogP contribution is 2.29. The van der Waals surface area contributed by atoms with E-state index in [1.54, 1.807) is 13.3 Å². The van der Waals surface area contributed by atoms with E-state index in [9.17, 15) is 5.11 Å². The van der Waals surface area contributed by atoms with Crippen molar-refractivity contribution >= 4 is 11.0 Å². The molecule has 1 atom stereocenters. The van der Waals surface area contributed by atoms with Crippen molar-refractivity contribution in [3.8, 4) is 11.1 Å². The molecule has 0 bridgehead atoms. The first kappa shape index (κ1) is 11.0. The molecule has 3 nitrogen and oxygen atoms in total. The normalized spacial score (nSPS) is 12.8. The Hall–Kier alpha value is -2.13. The van der Waals surface area contributed by atoms with Crippen LogP contribution in [0.2, 0.25) is 0 Å². The molecular weight excluding hydrogens is 224 g/mol. The third-order valence-corrected chi connectivity index (χ3v) is 3.14. The fourth-order valence-corrected chi connectivity index (χ4v) is 2.23. The summed E-state index contributed by atoms with van der Waals surface area (Å²) in [4.78, 5) is 7.31. The third kappa shape index (κ3) is 1.79. The van der Waals surface area contributed by atoms with Gasteiger partial charge < -0.3 is 10.1 Å². The first-order valence-corrected chi connectivity index (χ1v) is 5.96. The largest absolute Gasteiger partial charge is 0.389 e.